The molecule has 1 amide bonds. The van der Waals surface area contributed by atoms with Crippen molar-refractivity contribution in [3.8, 4) is 0 Å². The maximum absolute atomic E-state index is 12.4. The summed E-state index contributed by atoms with van der Waals surface area (Å²) in [5.41, 5.74) is 1.48. The van der Waals surface area contributed by atoms with E-state index in [0.717, 1.165) is 9.87 Å². The van der Waals surface area contributed by atoms with Crippen molar-refractivity contribution in [1.29, 1.82) is 0 Å². The topological polar surface area (TPSA) is 101 Å². The third-order valence-corrected chi connectivity index (χ3v) is 6.82. The maximum atomic E-state index is 12.4. The fourth-order valence-electron chi connectivity index (χ4n) is 2.55. The Labute approximate surface area is 146 Å². The van der Waals surface area contributed by atoms with Gasteiger partial charge in [-0.15, -0.1) is 0 Å². The lowest BCUT2D eigenvalue weighted by Gasteiger charge is -2.15. The molecule has 1 aliphatic rings. The zero-order valence-electron chi connectivity index (χ0n) is 13.3. The summed E-state index contributed by atoms with van der Waals surface area (Å²) in [6.45, 7) is 1.85. The Morgan fingerprint density at radius 3 is 2.32 bits per heavy atom. The second-order valence-corrected chi connectivity index (χ2v) is 9.31. The van der Waals surface area contributed by atoms with Crippen molar-refractivity contribution in [3.05, 3.63) is 54.1 Å². The number of benzene rings is 2. The van der Waals surface area contributed by atoms with Gasteiger partial charge in [-0.1, -0.05) is 12.1 Å². The number of sulfonamides is 2. The Morgan fingerprint density at radius 2 is 1.76 bits per heavy atom. The minimum Gasteiger partial charge on any atom is -0.280 e. The third-order valence-electron chi connectivity index (χ3n) is 3.73. The molecule has 25 heavy (non-hydrogen) atoms. The molecule has 0 bridgehead atoms. The van der Waals surface area contributed by atoms with E-state index in [1.807, 2.05) is 13.0 Å². The molecule has 0 spiro atoms. The Bertz CT molecular complexity index is 1030. The van der Waals surface area contributed by atoms with E-state index in [1.54, 1.807) is 18.2 Å². The Balaban J connectivity index is 1.88. The number of carbonyl (C=O) groups is 1. The summed E-state index contributed by atoms with van der Waals surface area (Å²) in [4.78, 5) is 11.7. The van der Waals surface area contributed by atoms with Gasteiger partial charge in [0.05, 0.1) is 16.3 Å². The van der Waals surface area contributed by atoms with Gasteiger partial charge in [0.2, 0.25) is 15.9 Å². The van der Waals surface area contributed by atoms with E-state index in [-0.39, 0.29) is 22.8 Å². The van der Waals surface area contributed by atoms with Crippen molar-refractivity contribution in [2.75, 3.05) is 14.8 Å². The highest BCUT2D eigenvalue weighted by atomic mass is 32.2. The molecule has 0 saturated carbocycles. The van der Waals surface area contributed by atoms with Crippen LogP contribution in [0.1, 0.15) is 12.0 Å². The monoisotopic (exact) mass is 380 g/mol. The summed E-state index contributed by atoms with van der Waals surface area (Å²) in [6, 6.07) is 12.1. The van der Waals surface area contributed by atoms with Crippen LogP contribution in [-0.2, 0) is 24.8 Å². The average molecular weight is 380 g/mol. The number of amides is 1. The number of hydrogen-bond acceptors (Lipinski definition) is 5. The van der Waals surface area contributed by atoms with Gasteiger partial charge >= 0.3 is 0 Å². The summed E-state index contributed by atoms with van der Waals surface area (Å²) in [7, 11) is -7.49. The highest BCUT2D eigenvalue weighted by Gasteiger charge is 2.36. The van der Waals surface area contributed by atoms with E-state index in [0.29, 0.717) is 5.69 Å². The molecule has 0 aromatic heterocycles. The molecule has 0 atom stereocenters. The van der Waals surface area contributed by atoms with E-state index in [1.165, 1.54) is 24.3 Å². The highest BCUT2D eigenvalue weighted by molar-refractivity contribution is 7.94. The Hall–Kier alpha value is -2.39. The first kappa shape index (κ1) is 17.4. The summed E-state index contributed by atoms with van der Waals surface area (Å²) in [6.07, 6.45) is -0.0721. The fraction of sp³-hybridized carbons (Fsp3) is 0.188. The van der Waals surface area contributed by atoms with Crippen molar-refractivity contribution < 1.29 is 21.6 Å². The minimum absolute atomic E-state index is 0.0261. The molecular formula is C16H16N2O5S2. The van der Waals surface area contributed by atoms with E-state index < -0.39 is 26.0 Å². The van der Waals surface area contributed by atoms with Crippen molar-refractivity contribution in [3.63, 3.8) is 0 Å². The number of aryl methyl sites for hydroxylation is 1. The first-order chi connectivity index (χ1) is 11.7. The van der Waals surface area contributed by atoms with Gasteiger partial charge in [0.25, 0.3) is 10.0 Å². The lowest BCUT2D eigenvalue weighted by Crippen LogP contribution is -2.29. The molecule has 0 radical (unpaired) electrons. The normalized spacial score (nSPS) is 16.8. The lowest BCUT2D eigenvalue weighted by atomic mass is 10.2. The molecule has 1 N–H and O–H groups in total. The van der Waals surface area contributed by atoms with Crippen LogP contribution >= 0.6 is 0 Å². The molecule has 9 heteroatoms. The lowest BCUT2D eigenvalue weighted by molar-refractivity contribution is -0.116. The van der Waals surface area contributed by atoms with E-state index in [9.17, 15) is 21.6 Å². The molecule has 7 nitrogen and oxygen atoms in total. The zero-order chi connectivity index (χ0) is 18.2. The maximum Gasteiger partial charge on any atom is 0.261 e. The fourth-order valence-corrected chi connectivity index (χ4v) is 5.06. The number of nitrogens with one attached hydrogen (secondary N) is 1. The van der Waals surface area contributed by atoms with E-state index in [4.69, 9.17) is 0 Å². The van der Waals surface area contributed by atoms with Crippen LogP contribution in [0.15, 0.2) is 53.4 Å². The minimum atomic E-state index is -3.82. The molecule has 0 aliphatic carbocycles. The quantitative estimate of drug-likeness (QED) is 0.873. The molecular weight excluding hydrogens is 364 g/mol. The Kier molecular flexibility index (Phi) is 4.29. The average Bonchev–Trinajstić information content (AvgIpc) is 2.80. The molecule has 3 rings (SSSR count). The van der Waals surface area contributed by atoms with Gasteiger partial charge in [-0.2, -0.15) is 0 Å². The van der Waals surface area contributed by atoms with Crippen LogP contribution in [-0.4, -0.2) is 28.5 Å². The van der Waals surface area contributed by atoms with Crippen molar-refractivity contribution in [2.45, 2.75) is 18.2 Å². The van der Waals surface area contributed by atoms with Crippen LogP contribution < -0.4 is 9.03 Å². The predicted molar refractivity (Wildman–Crippen MR) is 94.3 cm³/mol. The number of hydrogen-bond donors (Lipinski definition) is 1. The Morgan fingerprint density at radius 1 is 1.08 bits per heavy atom. The van der Waals surface area contributed by atoms with Gasteiger partial charge in [0.15, 0.2) is 0 Å². The molecule has 1 fully saturated rings. The van der Waals surface area contributed by atoms with Gasteiger partial charge in [-0.3, -0.25) is 9.52 Å². The number of anilines is 2. The predicted octanol–water partition coefficient (Wildman–Crippen LogP) is 1.86. The zero-order valence-corrected chi connectivity index (χ0v) is 15.0. The first-order valence-corrected chi connectivity index (χ1v) is 10.5. The summed E-state index contributed by atoms with van der Waals surface area (Å²) in [5.74, 6) is -0.755. The molecule has 2 aromatic rings. The van der Waals surface area contributed by atoms with Gasteiger partial charge in [-0.05, 0) is 48.9 Å². The summed E-state index contributed by atoms with van der Waals surface area (Å²) in [5, 5.41) is 0. The smallest absolute Gasteiger partial charge is 0.261 e. The van der Waals surface area contributed by atoms with Gasteiger partial charge in [-0.25, -0.2) is 21.1 Å². The van der Waals surface area contributed by atoms with E-state index >= 15 is 0 Å². The summed E-state index contributed by atoms with van der Waals surface area (Å²) >= 11 is 0. The molecule has 1 saturated heterocycles. The second-order valence-electron chi connectivity index (χ2n) is 5.69. The standard InChI is InChI=1S/C16H16N2O5S2/c1-12-3-2-4-13(11-12)17-25(22,23)15-7-5-14(6-8-15)18-16(19)9-10-24(18,20)21/h2-8,11,17H,9-10H2,1H3. The highest BCUT2D eigenvalue weighted by Crippen LogP contribution is 2.26. The van der Waals surface area contributed by atoms with Gasteiger partial charge in [0.1, 0.15) is 0 Å². The van der Waals surface area contributed by atoms with Crippen LogP contribution in [0.5, 0.6) is 0 Å². The first-order valence-electron chi connectivity index (χ1n) is 7.44. The molecule has 1 aliphatic heterocycles. The molecule has 1 heterocycles. The van der Waals surface area contributed by atoms with Crippen LogP contribution in [0.2, 0.25) is 0 Å². The summed E-state index contributed by atoms with van der Waals surface area (Å²) < 4.78 is 51.8. The SMILES string of the molecule is Cc1cccc(NS(=O)(=O)c2ccc(N3C(=O)CCS3(=O)=O)cc2)c1. The van der Waals surface area contributed by atoms with Crippen molar-refractivity contribution in [2.24, 2.45) is 0 Å². The van der Waals surface area contributed by atoms with Crippen LogP contribution in [0, 0.1) is 6.92 Å². The molecule has 2 aromatic carbocycles. The van der Waals surface area contributed by atoms with E-state index in [2.05, 4.69) is 4.72 Å². The second kappa shape index (κ2) is 6.16. The van der Waals surface area contributed by atoms with Crippen LogP contribution in [0.4, 0.5) is 11.4 Å². The van der Waals surface area contributed by atoms with Gasteiger partial charge < -0.3 is 0 Å². The van der Waals surface area contributed by atoms with Gasteiger partial charge in [0, 0.05) is 12.1 Å². The molecule has 0 unspecified atom stereocenters. The largest absolute Gasteiger partial charge is 0.280 e. The number of carbonyl (C=O) groups excluding carboxylic acids is 1. The van der Waals surface area contributed by atoms with Crippen molar-refractivity contribution in [1.82, 2.24) is 0 Å². The van der Waals surface area contributed by atoms with Crippen LogP contribution in [0.3, 0.4) is 0 Å². The number of nitrogens with zero attached hydrogens (tertiary/aromatic N) is 1. The molecule has 132 valence electrons. The third kappa shape index (κ3) is 3.52. The number of rotatable bonds is 4. The van der Waals surface area contributed by atoms with Crippen molar-refractivity contribution >= 4 is 37.3 Å². The van der Waals surface area contributed by atoms with Crippen LogP contribution in [0.25, 0.3) is 0 Å².